The summed E-state index contributed by atoms with van der Waals surface area (Å²) in [6, 6.07) is 0.406. The van der Waals surface area contributed by atoms with Gasteiger partial charge < -0.3 is 10.6 Å². The molecule has 0 amide bonds. The van der Waals surface area contributed by atoms with Crippen LogP contribution in [0.1, 0.15) is 30.5 Å². The predicted molar refractivity (Wildman–Crippen MR) is 90.3 cm³/mol. The highest BCUT2D eigenvalue weighted by atomic mass is 32.2. The van der Waals surface area contributed by atoms with Crippen LogP contribution in [0, 0.1) is 0 Å². The van der Waals surface area contributed by atoms with Crippen LogP contribution in [0.25, 0.3) is 0 Å². The standard InChI is InChI=1S/C14H21F3N4S2/c1-2-18-13(20-10-4-3-7-22-8-10)19-6-5-12-21-11(9-23-12)14(15,16)17/h9-10H,2-8H2,1H3,(H2,18,19,20). The Hall–Kier alpha value is -0.960. The molecule has 1 aliphatic rings. The van der Waals surface area contributed by atoms with Crippen molar-refractivity contribution in [1.82, 2.24) is 15.6 Å². The second kappa shape index (κ2) is 8.77. The van der Waals surface area contributed by atoms with Crippen molar-refractivity contribution in [3.63, 3.8) is 0 Å². The minimum absolute atomic E-state index is 0.406. The van der Waals surface area contributed by atoms with E-state index in [1.54, 1.807) is 0 Å². The lowest BCUT2D eigenvalue weighted by Gasteiger charge is -2.24. The van der Waals surface area contributed by atoms with Crippen molar-refractivity contribution in [2.24, 2.45) is 4.99 Å². The number of alkyl halides is 3. The molecule has 0 radical (unpaired) electrons. The molecule has 4 nitrogen and oxygen atoms in total. The second-order valence-electron chi connectivity index (χ2n) is 5.19. The quantitative estimate of drug-likeness (QED) is 0.621. The highest BCUT2D eigenvalue weighted by Gasteiger charge is 2.33. The van der Waals surface area contributed by atoms with E-state index in [4.69, 9.17) is 0 Å². The van der Waals surface area contributed by atoms with Crippen LogP contribution in [0.2, 0.25) is 0 Å². The number of halogens is 3. The fraction of sp³-hybridized carbons (Fsp3) is 0.714. The lowest BCUT2D eigenvalue weighted by atomic mass is 10.2. The van der Waals surface area contributed by atoms with Crippen molar-refractivity contribution in [2.45, 2.75) is 38.4 Å². The molecule has 130 valence electrons. The second-order valence-corrected chi connectivity index (χ2v) is 7.29. The molecule has 0 saturated carbocycles. The average Bonchev–Trinajstić information content (AvgIpc) is 2.97. The van der Waals surface area contributed by atoms with E-state index >= 15 is 0 Å². The van der Waals surface area contributed by atoms with Crippen molar-refractivity contribution in [2.75, 3.05) is 24.6 Å². The van der Waals surface area contributed by atoms with Crippen molar-refractivity contribution >= 4 is 29.1 Å². The monoisotopic (exact) mass is 366 g/mol. The zero-order chi connectivity index (χ0) is 16.7. The van der Waals surface area contributed by atoms with Crippen LogP contribution in [-0.4, -0.2) is 41.6 Å². The lowest BCUT2D eigenvalue weighted by Crippen LogP contribution is -2.45. The van der Waals surface area contributed by atoms with Crippen LogP contribution >= 0.6 is 23.1 Å². The third-order valence-corrected chi connectivity index (χ3v) is 5.41. The van der Waals surface area contributed by atoms with E-state index in [1.807, 2.05) is 18.7 Å². The van der Waals surface area contributed by atoms with E-state index in [0.717, 1.165) is 41.4 Å². The Bertz CT molecular complexity index is 510. The van der Waals surface area contributed by atoms with Gasteiger partial charge in [0.25, 0.3) is 0 Å². The van der Waals surface area contributed by atoms with E-state index in [1.165, 1.54) is 12.2 Å². The maximum atomic E-state index is 12.5. The molecule has 0 spiro atoms. The van der Waals surface area contributed by atoms with Crippen molar-refractivity contribution in [1.29, 1.82) is 0 Å². The highest BCUT2D eigenvalue weighted by molar-refractivity contribution is 7.99. The number of hydrogen-bond acceptors (Lipinski definition) is 4. The molecule has 2 N–H and O–H groups in total. The molecule has 1 aromatic rings. The van der Waals surface area contributed by atoms with Crippen molar-refractivity contribution in [3.05, 3.63) is 16.1 Å². The molecule has 1 aromatic heterocycles. The Morgan fingerprint density at radius 3 is 2.91 bits per heavy atom. The normalized spacial score (nSPS) is 19.7. The van der Waals surface area contributed by atoms with Gasteiger partial charge in [0.05, 0.1) is 5.01 Å². The zero-order valence-corrected chi connectivity index (χ0v) is 14.6. The fourth-order valence-corrected chi connectivity index (χ4v) is 4.05. The Labute approximate surface area is 142 Å². The predicted octanol–water partition coefficient (Wildman–Crippen LogP) is 3.16. The van der Waals surface area contributed by atoms with Crippen molar-refractivity contribution < 1.29 is 13.2 Å². The van der Waals surface area contributed by atoms with Gasteiger partial charge in [-0.1, -0.05) is 0 Å². The maximum absolute atomic E-state index is 12.5. The molecule has 0 aliphatic carbocycles. The molecular formula is C14H21F3N4S2. The topological polar surface area (TPSA) is 49.3 Å². The summed E-state index contributed by atoms with van der Waals surface area (Å²) in [6.07, 6.45) is -1.64. The summed E-state index contributed by atoms with van der Waals surface area (Å²) < 4.78 is 37.5. The van der Waals surface area contributed by atoms with Gasteiger partial charge in [0.15, 0.2) is 11.7 Å². The number of guanidine groups is 1. The number of aliphatic imine (C=N–C) groups is 1. The molecule has 0 bridgehead atoms. The van der Waals surface area contributed by atoms with Crippen LogP contribution in [0.15, 0.2) is 10.4 Å². The Morgan fingerprint density at radius 2 is 2.30 bits per heavy atom. The summed E-state index contributed by atoms with van der Waals surface area (Å²) in [5, 5.41) is 8.09. The van der Waals surface area contributed by atoms with E-state index < -0.39 is 11.9 Å². The third-order valence-electron chi connectivity index (χ3n) is 3.28. The third kappa shape index (κ3) is 6.21. The highest BCUT2D eigenvalue weighted by Crippen LogP contribution is 2.30. The minimum atomic E-state index is -4.37. The maximum Gasteiger partial charge on any atom is 0.434 e. The number of nitrogens with one attached hydrogen (secondary N) is 2. The number of nitrogens with zero attached hydrogens (tertiary/aromatic N) is 2. The lowest BCUT2D eigenvalue weighted by molar-refractivity contribution is -0.140. The summed E-state index contributed by atoms with van der Waals surface area (Å²) in [4.78, 5) is 8.07. The van der Waals surface area contributed by atoms with Gasteiger partial charge in [-0.05, 0) is 25.5 Å². The smallest absolute Gasteiger partial charge is 0.357 e. The zero-order valence-electron chi connectivity index (χ0n) is 12.9. The van der Waals surface area contributed by atoms with Gasteiger partial charge >= 0.3 is 6.18 Å². The summed E-state index contributed by atoms with van der Waals surface area (Å²) in [6.45, 7) is 3.16. The molecule has 1 fully saturated rings. The molecule has 1 aliphatic heterocycles. The number of hydrogen-bond donors (Lipinski definition) is 2. The number of thioether (sulfide) groups is 1. The van der Waals surface area contributed by atoms with Gasteiger partial charge in [0.1, 0.15) is 0 Å². The molecule has 23 heavy (non-hydrogen) atoms. The Morgan fingerprint density at radius 1 is 1.48 bits per heavy atom. The average molecular weight is 366 g/mol. The SMILES string of the molecule is CCNC(=NCCc1nc(C(F)(F)F)cs1)NC1CCCSC1. The summed E-state index contributed by atoms with van der Waals surface area (Å²) in [5.74, 6) is 3.00. The first-order valence-electron chi connectivity index (χ1n) is 7.63. The van der Waals surface area contributed by atoms with E-state index in [-0.39, 0.29) is 0 Å². The molecule has 2 heterocycles. The first-order valence-corrected chi connectivity index (χ1v) is 9.66. The largest absolute Gasteiger partial charge is 0.434 e. The number of thiazole rings is 1. The Balaban J connectivity index is 1.86. The van der Waals surface area contributed by atoms with E-state index in [0.29, 0.717) is 24.0 Å². The van der Waals surface area contributed by atoms with Gasteiger partial charge in [0.2, 0.25) is 0 Å². The summed E-state index contributed by atoms with van der Waals surface area (Å²) in [7, 11) is 0. The number of aromatic nitrogens is 1. The molecule has 0 aromatic carbocycles. The molecule has 1 unspecified atom stereocenters. The first kappa shape index (κ1) is 18.4. The summed E-state index contributed by atoms with van der Waals surface area (Å²) >= 11 is 2.96. The van der Waals surface area contributed by atoms with Crippen LogP contribution in [-0.2, 0) is 12.6 Å². The number of rotatable bonds is 5. The van der Waals surface area contributed by atoms with Gasteiger partial charge in [-0.25, -0.2) is 4.98 Å². The Kier molecular flexibility index (Phi) is 7.01. The minimum Gasteiger partial charge on any atom is -0.357 e. The molecular weight excluding hydrogens is 345 g/mol. The van der Waals surface area contributed by atoms with Crippen LogP contribution in [0.5, 0.6) is 0 Å². The molecule has 1 atom stereocenters. The van der Waals surface area contributed by atoms with Gasteiger partial charge in [-0.3, -0.25) is 4.99 Å². The molecule has 1 saturated heterocycles. The van der Waals surface area contributed by atoms with Gasteiger partial charge in [-0.15, -0.1) is 11.3 Å². The molecule has 2 rings (SSSR count). The summed E-state index contributed by atoms with van der Waals surface area (Å²) in [5.41, 5.74) is -0.814. The first-order chi connectivity index (χ1) is 11.0. The van der Waals surface area contributed by atoms with Crippen LogP contribution < -0.4 is 10.6 Å². The van der Waals surface area contributed by atoms with E-state index in [9.17, 15) is 13.2 Å². The van der Waals surface area contributed by atoms with Crippen molar-refractivity contribution in [3.8, 4) is 0 Å². The van der Waals surface area contributed by atoms with Gasteiger partial charge in [-0.2, -0.15) is 24.9 Å². The van der Waals surface area contributed by atoms with E-state index in [2.05, 4.69) is 20.6 Å². The van der Waals surface area contributed by atoms with Gasteiger partial charge in [0, 0.05) is 36.7 Å². The van der Waals surface area contributed by atoms with Crippen LogP contribution in [0.4, 0.5) is 13.2 Å². The molecule has 9 heteroatoms. The fourth-order valence-electron chi connectivity index (χ4n) is 2.19. The van der Waals surface area contributed by atoms with Crippen LogP contribution in [0.3, 0.4) is 0 Å².